The fourth-order valence-corrected chi connectivity index (χ4v) is 8.08. The van der Waals surface area contributed by atoms with Gasteiger partial charge in [0.1, 0.15) is 11.2 Å². The fraction of sp³-hybridized carbons (Fsp3) is 0. The van der Waals surface area contributed by atoms with Crippen molar-refractivity contribution in [1.82, 2.24) is 0 Å². The highest BCUT2D eigenvalue weighted by atomic mass is 16.3. The Morgan fingerprint density at radius 1 is 0.315 bits per heavy atom. The first kappa shape index (κ1) is 31.6. The molecule has 0 spiro atoms. The van der Waals surface area contributed by atoms with E-state index in [0.29, 0.717) is 0 Å². The quantitative estimate of drug-likeness (QED) is 0.166. The van der Waals surface area contributed by atoms with Gasteiger partial charge in [-0.15, -0.1) is 0 Å². The van der Waals surface area contributed by atoms with Crippen LogP contribution in [0.15, 0.2) is 217 Å². The highest BCUT2D eigenvalue weighted by Crippen LogP contribution is 2.48. The van der Waals surface area contributed by atoms with Crippen LogP contribution in [0.1, 0.15) is 0 Å². The van der Waals surface area contributed by atoms with Gasteiger partial charge in [0.15, 0.2) is 0 Å². The molecule has 10 rings (SSSR count). The van der Waals surface area contributed by atoms with E-state index >= 15 is 0 Å². The summed E-state index contributed by atoms with van der Waals surface area (Å²) >= 11 is 0. The molecule has 2 heteroatoms. The lowest BCUT2D eigenvalue weighted by molar-refractivity contribution is 0.669. The van der Waals surface area contributed by atoms with Gasteiger partial charge in [-0.1, -0.05) is 176 Å². The van der Waals surface area contributed by atoms with Crippen molar-refractivity contribution in [2.45, 2.75) is 0 Å². The summed E-state index contributed by atoms with van der Waals surface area (Å²) in [6.45, 7) is 0. The second-order valence-electron chi connectivity index (χ2n) is 13.6. The summed E-state index contributed by atoms with van der Waals surface area (Å²) in [6, 6.07) is 75.9. The van der Waals surface area contributed by atoms with Gasteiger partial charge in [-0.2, -0.15) is 0 Å². The van der Waals surface area contributed by atoms with Crippen molar-refractivity contribution in [2.24, 2.45) is 0 Å². The van der Waals surface area contributed by atoms with E-state index in [0.717, 1.165) is 55.7 Å². The van der Waals surface area contributed by atoms with Gasteiger partial charge < -0.3 is 9.32 Å². The molecule has 9 aromatic carbocycles. The summed E-state index contributed by atoms with van der Waals surface area (Å²) < 4.78 is 6.48. The van der Waals surface area contributed by atoms with Gasteiger partial charge in [0.2, 0.25) is 0 Å². The van der Waals surface area contributed by atoms with Gasteiger partial charge >= 0.3 is 0 Å². The molecule has 0 saturated heterocycles. The molecule has 0 N–H and O–H groups in total. The third kappa shape index (κ3) is 5.44. The Morgan fingerprint density at radius 2 is 0.833 bits per heavy atom. The monoisotopic (exact) mass is 689 g/mol. The van der Waals surface area contributed by atoms with E-state index in [2.05, 4.69) is 211 Å². The summed E-state index contributed by atoms with van der Waals surface area (Å²) in [5.74, 6) is 0. The molecule has 2 nitrogen and oxygen atoms in total. The van der Waals surface area contributed by atoms with E-state index in [1.165, 1.54) is 38.6 Å². The van der Waals surface area contributed by atoms with Crippen molar-refractivity contribution in [3.63, 3.8) is 0 Å². The van der Waals surface area contributed by atoms with Gasteiger partial charge in [-0.05, 0) is 86.1 Å². The second-order valence-corrected chi connectivity index (χ2v) is 13.6. The predicted molar refractivity (Wildman–Crippen MR) is 228 cm³/mol. The van der Waals surface area contributed by atoms with Crippen LogP contribution >= 0.6 is 0 Å². The van der Waals surface area contributed by atoms with Crippen LogP contribution in [0.5, 0.6) is 0 Å². The number of nitrogens with zero attached hydrogens (tertiary/aromatic N) is 1. The minimum Gasteiger partial charge on any atom is -0.456 e. The Bertz CT molecular complexity index is 2950. The van der Waals surface area contributed by atoms with Gasteiger partial charge in [0.25, 0.3) is 0 Å². The number of rotatable bonds is 7. The van der Waals surface area contributed by atoms with Crippen LogP contribution in [0.4, 0.5) is 17.1 Å². The molecule has 0 fully saturated rings. The maximum absolute atomic E-state index is 6.48. The summed E-state index contributed by atoms with van der Waals surface area (Å²) in [5.41, 5.74) is 14.4. The molecule has 0 amide bonds. The van der Waals surface area contributed by atoms with Crippen molar-refractivity contribution in [2.75, 3.05) is 4.90 Å². The molecule has 0 saturated carbocycles. The zero-order chi connectivity index (χ0) is 35.8. The Morgan fingerprint density at radius 3 is 1.67 bits per heavy atom. The molecular weight excluding hydrogens is 655 g/mol. The van der Waals surface area contributed by atoms with Crippen LogP contribution < -0.4 is 4.90 Å². The van der Waals surface area contributed by atoms with E-state index in [1.54, 1.807) is 0 Å². The summed E-state index contributed by atoms with van der Waals surface area (Å²) in [6.07, 6.45) is 0. The number of hydrogen-bond donors (Lipinski definition) is 0. The molecule has 0 atom stereocenters. The van der Waals surface area contributed by atoms with Crippen LogP contribution in [-0.2, 0) is 0 Å². The molecule has 54 heavy (non-hydrogen) atoms. The number of fused-ring (bicyclic) bond motifs is 4. The Labute approximate surface area is 314 Å². The largest absolute Gasteiger partial charge is 0.456 e. The maximum atomic E-state index is 6.48. The zero-order valence-electron chi connectivity index (χ0n) is 29.6. The fourth-order valence-electron chi connectivity index (χ4n) is 8.08. The summed E-state index contributed by atoms with van der Waals surface area (Å²) in [5, 5.41) is 4.64. The van der Waals surface area contributed by atoms with E-state index < -0.39 is 0 Å². The van der Waals surface area contributed by atoms with Crippen molar-refractivity contribution >= 4 is 49.8 Å². The number of anilines is 3. The molecule has 1 aromatic heterocycles. The first-order valence-electron chi connectivity index (χ1n) is 18.4. The van der Waals surface area contributed by atoms with E-state index in [-0.39, 0.29) is 0 Å². The first-order chi connectivity index (χ1) is 26.8. The number of benzene rings is 9. The number of para-hydroxylation sites is 2. The third-order valence-electron chi connectivity index (χ3n) is 10.5. The topological polar surface area (TPSA) is 16.4 Å². The van der Waals surface area contributed by atoms with E-state index in [4.69, 9.17) is 4.42 Å². The van der Waals surface area contributed by atoms with Crippen LogP contribution in [0.25, 0.3) is 77.2 Å². The smallest absolute Gasteiger partial charge is 0.137 e. The van der Waals surface area contributed by atoms with Crippen molar-refractivity contribution in [3.8, 4) is 44.5 Å². The highest BCUT2D eigenvalue weighted by molar-refractivity contribution is 6.14. The van der Waals surface area contributed by atoms with E-state index in [1.807, 2.05) is 6.07 Å². The molecule has 10 aromatic rings. The lowest BCUT2D eigenvalue weighted by Crippen LogP contribution is -2.12. The lowest BCUT2D eigenvalue weighted by Gasteiger charge is -2.29. The second kappa shape index (κ2) is 13.4. The highest BCUT2D eigenvalue weighted by Gasteiger charge is 2.23. The number of hydrogen-bond acceptors (Lipinski definition) is 2. The van der Waals surface area contributed by atoms with Crippen LogP contribution in [-0.4, -0.2) is 0 Å². The summed E-state index contributed by atoms with van der Waals surface area (Å²) in [7, 11) is 0. The predicted octanol–water partition coefficient (Wildman–Crippen LogP) is 14.9. The number of furan rings is 1. The van der Waals surface area contributed by atoms with Crippen LogP contribution in [0, 0.1) is 0 Å². The van der Waals surface area contributed by atoms with Crippen LogP contribution in [0.2, 0.25) is 0 Å². The Balaban J connectivity index is 1.23. The maximum Gasteiger partial charge on any atom is 0.137 e. The SMILES string of the molecule is c1ccc(-c2ccccc2-c2ccccc2-c2ccccc2N(c2cccc(-c3cccc4ccccc34)c2)c2cccc3oc4ccccc4c23)cc1. The molecule has 1 heterocycles. The molecule has 0 radical (unpaired) electrons. The van der Waals surface area contributed by atoms with Crippen molar-refractivity contribution in [1.29, 1.82) is 0 Å². The molecule has 0 unspecified atom stereocenters. The average molecular weight is 690 g/mol. The molecule has 0 bridgehead atoms. The molecule has 0 aliphatic heterocycles. The molecule has 0 aliphatic carbocycles. The Hall–Kier alpha value is -7.16. The van der Waals surface area contributed by atoms with E-state index in [9.17, 15) is 0 Å². The first-order valence-corrected chi connectivity index (χ1v) is 18.4. The molecular formula is C52H35NO. The molecule has 0 aliphatic rings. The van der Waals surface area contributed by atoms with Crippen molar-refractivity contribution in [3.05, 3.63) is 212 Å². The van der Waals surface area contributed by atoms with Gasteiger partial charge in [-0.3, -0.25) is 0 Å². The third-order valence-corrected chi connectivity index (χ3v) is 10.5. The standard InChI is InChI=1S/C52H35NO/c1-2-17-36(18-3-1)41-24-6-7-25-43(41)44-26-8-9-27-45(44)46-28-10-12-31-48(46)53(49-32-16-34-51-52(49)47-29-11-13-33-50(47)54-51)39-22-14-21-38(35-39)42-30-15-20-37-19-4-5-23-40(37)42/h1-35H. The zero-order valence-corrected chi connectivity index (χ0v) is 29.6. The van der Waals surface area contributed by atoms with Crippen LogP contribution in [0.3, 0.4) is 0 Å². The normalized spacial score (nSPS) is 11.3. The summed E-state index contributed by atoms with van der Waals surface area (Å²) in [4.78, 5) is 2.42. The average Bonchev–Trinajstić information content (AvgIpc) is 3.64. The van der Waals surface area contributed by atoms with Gasteiger partial charge in [0, 0.05) is 16.6 Å². The van der Waals surface area contributed by atoms with Crippen molar-refractivity contribution < 1.29 is 4.42 Å². The van der Waals surface area contributed by atoms with Gasteiger partial charge in [0.05, 0.1) is 16.8 Å². The Kier molecular flexibility index (Phi) is 7.85. The minimum absolute atomic E-state index is 0.860. The molecule has 254 valence electrons. The van der Waals surface area contributed by atoms with Gasteiger partial charge in [-0.25, -0.2) is 0 Å². The minimum atomic E-state index is 0.860. The lowest BCUT2D eigenvalue weighted by atomic mass is 9.88.